The van der Waals surface area contributed by atoms with E-state index in [0.717, 1.165) is 0 Å². The summed E-state index contributed by atoms with van der Waals surface area (Å²) in [6, 6.07) is 4.39. The second-order valence-corrected chi connectivity index (χ2v) is 4.13. The SMILES string of the molecule is C#CC(CC)NC(=O)c1cc(Cl)cc(Cl)c1. The van der Waals surface area contributed by atoms with Crippen molar-refractivity contribution in [2.75, 3.05) is 0 Å². The van der Waals surface area contributed by atoms with Gasteiger partial charge in [-0.1, -0.05) is 36.0 Å². The molecule has 0 saturated heterocycles. The van der Waals surface area contributed by atoms with E-state index in [1.54, 1.807) is 18.2 Å². The Kier molecular flexibility index (Phi) is 4.67. The number of carbonyl (C=O) groups excluding carboxylic acids is 1. The maximum atomic E-state index is 11.8. The van der Waals surface area contributed by atoms with E-state index in [1.165, 1.54) is 0 Å². The molecule has 4 heteroatoms. The van der Waals surface area contributed by atoms with Crippen molar-refractivity contribution < 1.29 is 4.79 Å². The lowest BCUT2D eigenvalue weighted by molar-refractivity contribution is 0.0945. The van der Waals surface area contributed by atoms with Crippen molar-refractivity contribution in [3.8, 4) is 12.3 Å². The third-order valence-electron chi connectivity index (χ3n) is 2.04. The number of rotatable bonds is 3. The molecule has 84 valence electrons. The van der Waals surface area contributed by atoms with Crippen molar-refractivity contribution in [2.24, 2.45) is 0 Å². The van der Waals surface area contributed by atoms with Crippen LogP contribution >= 0.6 is 23.2 Å². The first-order valence-electron chi connectivity index (χ1n) is 4.80. The van der Waals surface area contributed by atoms with Crippen LogP contribution in [0.15, 0.2) is 18.2 Å². The molecule has 1 atom stereocenters. The summed E-state index contributed by atoms with van der Waals surface area (Å²) in [7, 11) is 0. The summed E-state index contributed by atoms with van der Waals surface area (Å²) >= 11 is 11.6. The van der Waals surface area contributed by atoms with Crippen LogP contribution < -0.4 is 5.32 Å². The average molecular weight is 256 g/mol. The van der Waals surface area contributed by atoms with E-state index in [2.05, 4.69) is 11.2 Å². The van der Waals surface area contributed by atoms with E-state index >= 15 is 0 Å². The van der Waals surface area contributed by atoms with Gasteiger partial charge in [0.15, 0.2) is 0 Å². The van der Waals surface area contributed by atoms with E-state index in [1.807, 2.05) is 6.92 Å². The molecule has 0 aliphatic carbocycles. The van der Waals surface area contributed by atoms with Gasteiger partial charge in [0.05, 0.1) is 6.04 Å². The molecule has 0 saturated carbocycles. The van der Waals surface area contributed by atoms with Gasteiger partial charge in [0.2, 0.25) is 0 Å². The second-order valence-electron chi connectivity index (χ2n) is 3.26. The molecule has 1 amide bonds. The van der Waals surface area contributed by atoms with Crippen LogP contribution in [0, 0.1) is 12.3 Å². The van der Waals surface area contributed by atoms with Crippen LogP contribution in [0.1, 0.15) is 23.7 Å². The Labute approximate surface area is 105 Å². The maximum Gasteiger partial charge on any atom is 0.252 e. The van der Waals surface area contributed by atoms with Crippen molar-refractivity contribution in [1.29, 1.82) is 0 Å². The molecule has 0 aliphatic heterocycles. The molecule has 16 heavy (non-hydrogen) atoms. The summed E-state index contributed by atoms with van der Waals surface area (Å²) in [5.41, 5.74) is 0.409. The zero-order valence-corrected chi connectivity index (χ0v) is 10.3. The van der Waals surface area contributed by atoms with Gasteiger partial charge in [0.1, 0.15) is 0 Å². The lowest BCUT2D eigenvalue weighted by Gasteiger charge is -2.10. The molecule has 1 N–H and O–H groups in total. The predicted molar refractivity (Wildman–Crippen MR) is 66.8 cm³/mol. The molecule has 0 bridgehead atoms. The van der Waals surface area contributed by atoms with Crippen LogP contribution in [0.4, 0.5) is 0 Å². The first kappa shape index (κ1) is 12.9. The molecule has 1 aromatic rings. The largest absolute Gasteiger partial charge is 0.338 e. The van der Waals surface area contributed by atoms with Gasteiger partial charge < -0.3 is 5.32 Å². The molecule has 0 spiro atoms. The molecule has 0 fully saturated rings. The average Bonchev–Trinajstić information content (AvgIpc) is 2.24. The van der Waals surface area contributed by atoms with Gasteiger partial charge >= 0.3 is 0 Å². The number of nitrogens with one attached hydrogen (secondary N) is 1. The zero-order chi connectivity index (χ0) is 12.1. The summed E-state index contributed by atoms with van der Waals surface area (Å²) in [5, 5.41) is 3.54. The van der Waals surface area contributed by atoms with Crippen molar-refractivity contribution in [3.63, 3.8) is 0 Å². The molecule has 1 unspecified atom stereocenters. The molecular weight excluding hydrogens is 245 g/mol. The van der Waals surface area contributed by atoms with E-state index in [9.17, 15) is 4.79 Å². The predicted octanol–water partition coefficient (Wildman–Crippen LogP) is 3.14. The molecule has 1 aromatic carbocycles. The van der Waals surface area contributed by atoms with Crippen molar-refractivity contribution in [2.45, 2.75) is 19.4 Å². The van der Waals surface area contributed by atoms with Crippen LogP contribution in [-0.2, 0) is 0 Å². The van der Waals surface area contributed by atoms with Crippen LogP contribution in [0.2, 0.25) is 10.0 Å². The summed E-state index contributed by atoms with van der Waals surface area (Å²) in [4.78, 5) is 11.8. The van der Waals surface area contributed by atoms with Gasteiger partial charge in [0.25, 0.3) is 5.91 Å². The fraction of sp³-hybridized carbons (Fsp3) is 0.250. The van der Waals surface area contributed by atoms with Crippen LogP contribution in [0.5, 0.6) is 0 Å². The Hall–Kier alpha value is -1.17. The van der Waals surface area contributed by atoms with Crippen LogP contribution in [-0.4, -0.2) is 11.9 Å². The van der Waals surface area contributed by atoms with Gasteiger partial charge in [-0.3, -0.25) is 4.79 Å². The molecule has 1 rings (SSSR count). The monoisotopic (exact) mass is 255 g/mol. The number of hydrogen-bond donors (Lipinski definition) is 1. The fourth-order valence-corrected chi connectivity index (χ4v) is 1.71. The Bertz CT molecular complexity index is 417. The summed E-state index contributed by atoms with van der Waals surface area (Å²) in [6.45, 7) is 1.90. The number of terminal acetylenes is 1. The topological polar surface area (TPSA) is 29.1 Å². The number of carbonyl (C=O) groups is 1. The zero-order valence-electron chi connectivity index (χ0n) is 8.76. The van der Waals surface area contributed by atoms with Crippen molar-refractivity contribution >= 4 is 29.1 Å². The summed E-state index contributed by atoms with van der Waals surface area (Å²) < 4.78 is 0. The highest BCUT2D eigenvalue weighted by atomic mass is 35.5. The van der Waals surface area contributed by atoms with Gasteiger partial charge in [-0.05, 0) is 24.6 Å². The van der Waals surface area contributed by atoms with Crippen LogP contribution in [0.25, 0.3) is 0 Å². The third kappa shape index (κ3) is 3.44. The number of halogens is 2. The highest BCUT2D eigenvalue weighted by molar-refractivity contribution is 6.35. The first-order valence-corrected chi connectivity index (χ1v) is 5.55. The van der Waals surface area contributed by atoms with Crippen molar-refractivity contribution in [3.05, 3.63) is 33.8 Å². The summed E-state index contributed by atoms with van der Waals surface area (Å²) in [5.74, 6) is 2.21. The van der Waals surface area contributed by atoms with E-state index in [0.29, 0.717) is 22.0 Å². The lowest BCUT2D eigenvalue weighted by atomic mass is 10.2. The third-order valence-corrected chi connectivity index (χ3v) is 2.48. The first-order chi connectivity index (χ1) is 7.56. The molecule has 0 radical (unpaired) electrons. The Morgan fingerprint density at radius 3 is 2.44 bits per heavy atom. The Morgan fingerprint density at radius 1 is 1.44 bits per heavy atom. The van der Waals surface area contributed by atoms with Crippen LogP contribution in [0.3, 0.4) is 0 Å². The lowest BCUT2D eigenvalue weighted by Crippen LogP contribution is -2.33. The number of amides is 1. The highest BCUT2D eigenvalue weighted by Crippen LogP contribution is 2.19. The molecule has 2 nitrogen and oxygen atoms in total. The Balaban J connectivity index is 2.85. The van der Waals surface area contributed by atoms with Gasteiger partial charge in [-0.15, -0.1) is 6.42 Å². The molecule has 0 aromatic heterocycles. The van der Waals surface area contributed by atoms with E-state index in [4.69, 9.17) is 29.6 Å². The number of benzene rings is 1. The summed E-state index contributed by atoms with van der Waals surface area (Å²) in [6.07, 6.45) is 5.93. The molecular formula is C12H11Cl2NO. The smallest absolute Gasteiger partial charge is 0.252 e. The normalized spacial score (nSPS) is 11.6. The highest BCUT2D eigenvalue weighted by Gasteiger charge is 2.11. The number of hydrogen-bond acceptors (Lipinski definition) is 1. The Morgan fingerprint density at radius 2 is 2.00 bits per heavy atom. The minimum Gasteiger partial charge on any atom is -0.338 e. The minimum atomic E-state index is -0.273. The standard InChI is InChI=1S/C12H11Cl2NO/c1-3-11(4-2)15-12(16)8-5-9(13)7-10(14)6-8/h1,5-7,11H,4H2,2H3,(H,15,16). The van der Waals surface area contributed by atoms with Gasteiger partial charge in [-0.2, -0.15) is 0 Å². The minimum absolute atomic E-state index is 0.269. The van der Waals surface area contributed by atoms with E-state index < -0.39 is 0 Å². The van der Waals surface area contributed by atoms with Gasteiger partial charge in [-0.25, -0.2) is 0 Å². The molecule has 0 heterocycles. The van der Waals surface area contributed by atoms with E-state index in [-0.39, 0.29) is 11.9 Å². The van der Waals surface area contributed by atoms with Gasteiger partial charge in [0, 0.05) is 15.6 Å². The van der Waals surface area contributed by atoms with Crippen molar-refractivity contribution in [1.82, 2.24) is 5.32 Å². The second kappa shape index (κ2) is 5.79. The molecule has 0 aliphatic rings. The maximum absolute atomic E-state index is 11.8. The fourth-order valence-electron chi connectivity index (χ4n) is 1.19. The quantitative estimate of drug-likeness (QED) is 0.827.